The van der Waals surface area contributed by atoms with Crippen molar-refractivity contribution in [3.8, 4) is 11.4 Å². The molecule has 3 heterocycles. The van der Waals surface area contributed by atoms with E-state index in [1.807, 2.05) is 32.3 Å². The Morgan fingerprint density at radius 3 is 2.51 bits per heavy atom. The van der Waals surface area contributed by atoms with Crippen molar-refractivity contribution < 1.29 is 4.74 Å². The fourth-order valence-electron chi connectivity index (χ4n) is 4.77. The third-order valence-electron chi connectivity index (χ3n) is 6.26. The highest BCUT2D eigenvalue weighted by molar-refractivity contribution is 7.94. The average molecular weight is 512 g/mol. The monoisotopic (exact) mass is 511 g/mol. The average Bonchev–Trinajstić information content (AvgIpc) is 2.84. The molecule has 8 nitrogen and oxygen atoms in total. The van der Waals surface area contributed by atoms with Gasteiger partial charge in [0.15, 0.2) is 0 Å². The molecule has 10 heteroatoms. The van der Waals surface area contributed by atoms with Gasteiger partial charge in [0, 0.05) is 47.9 Å². The zero-order valence-electron chi connectivity index (χ0n) is 19.8. The fraction of sp³-hybridized carbons (Fsp3) is 0.320. The molecule has 0 bridgehead atoms. The minimum atomic E-state index is -0.415. The lowest BCUT2D eigenvalue weighted by atomic mass is 10.0. The van der Waals surface area contributed by atoms with Gasteiger partial charge >= 0.3 is 5.69 Å². The number of hydrogen-bond acceptors (Lipinski definition) is 7. The van der Waals surface area contributed by atoms with Crippen LogP contribution in [-0.4, -0.2) is 57.0 Å². The van der Waals surface area contributed by atoms with Crippen molar-refractivity contribution >= 4 is 45.5 Å². The Morgan fingerprint density at radius 1 is 1.09 bits per heavy atom. The van der Waals surface area contributed by atoms with Crippen LogP contribution in [0, 0.1) is 0 Å². The Bertz CT molecular complexity index is 1530. The molecule has 4 aromatic rings. The molecular formula is C25H26ClN5O3S. The first-order chi connectivity index (χ1) is 16.9. The lowest BCUT2D eigenvalue weighted by Crippen LogP contribution is -2.43. The molecule has 0 spiro atoms. The zero-order chi connectivity index (χ0) is 24.7. The summed E-state index contributed by atoms with van der Waals surface area (Å²) in [4.78, 5) is 32.3. The van der Waals surface area contributed by atoms with E-state index in [0.29, 0.717) is 32.9 Å². The third kappa shape index (κ3) is 4.33. The second-order valence-corrected chi connectivity index (χ2v) is 10.6. The van der Waals surface area contributed by atoms with Gasteiger partial charge < -0.3 is 4.74 Å². The van der Waals surface area contributed by atoms with Gasteiger partial charge in [-0.1, -0.05) is 29.8 Å². The summed E-state index contributed by atoms with van der Waals surface area (Å²) in [6, 6.07) is 12.3. The van der Waals surface area contributed by atoms with Gasteiger partial charge in [0.2, 0.25) is 0 Å². The minimum absolute atomic E-state index is 0.0770. The summed E-state index contributed by atoms with van der Waals surface area (Å²) in [7, 11) is 5.62. The number of ether oxygens (including phenoxy) is 1. The first-order valence-corrected chi connectivity index (χ1v) is 12.5. The molecular weight excluding hydrogens is 486 g/mol. The lowest BCUT2D eigenvalue weighted by molar-refractivity contribution is 0.284. The Kier molecular flexibility index (Phi) is 6.59. The maximum absolute atomic E-state index is 14.1. The summed E-state index contributed by atoms with van der Waals surface area (Å²) < 4.78 is 12.9. The quantitative estimate of drug-likeness (QED) is 0.295. The topological polar surface area (TPSA) is 72.6 Å². The normalized spacial score (nSPS) is 15.3. The number of pyridine rings is 1. The summed E-state index contributed by atoms with van der Waals surface area (Å²) in [5.74, 6) is 0.597. The predicted molar refractivity (Wildman–Crippen MR) is 142 cm³/mol. The molecule has 0 aliphatic carbocycles. The molecule has 1 saturated heterocycles. The molecule has 0 N–H and O–H groups in total. The second-order valence-electron chi connectivity index (χ2n) is 8.70. The maximum atomic E-state index is 14.1. The van der Waals surface area contributed by atoms with Crippen LogP contribution in [0.1, 0.15) is 18.9 Å². The van der Waals surface area contributed by atoms with Crippen molar-refractivity contribution in [3.05, 3.63) is 74.5 Å². The fourth-order valence-corrected chi connectivity index (χ4v) is 5.79. The maximum Gasteiger partial charge on any atom is 0.336 e. The molecule has 1 fully saturated rings. The largest absolute Gasteiger partial charge is 0.494 e. The van der Waals surface area contributed by atoms with Crippen molar-refractivity contribution in [3.63, 3.8) is 0 Å². The van der Waals surface area contributed by atoms with Crippen LogP contribution in [0.5, 0.6) is 5.75 Å². The van der Waals surface area contributed by atoms with E-state index in [0.717, 1.165) is 31.3 Å². The van der Waals surface area contributed by atoms with Gasteiger partial charge in [-0.15, -0.1) is 0 Å². The highest BCUT2D eigenvalue weighted by Crippen LogP contribution is 2.33. The summed E-state index contributed by atoms with van der Waals surface area (Å²) in [5.41, 5.74) is 0.867. The van der Waals surface area contributed by atoms with Crippen LogP contribution < -0.4 is 16.0 Å². The van der Waals surface area contributed by atoms with Crippen LogP contribution in [-0.2, 0) is 0 Å². The summed E-state index contributed by atoms with van der Waals surface area (Å²) >= 11 is 7.89. The Labute approximate surface area is 211 Å². The van der Waals surface area contributed by atoms with E-state index >= 15 is 0 Å². The zero-order valence-corrected chi connectivity index (χ0v) is 21.3. The van der Waals surface area contributed by atoms with Crippen molar-refractivity contribution in [1.82, 2.24) is 22.7 Å². The van der Waals surface area contributed by atoms with Gasteiger partial charge in [-0.05, 0) is 51.2 Å². The van der Waals surface area contributed by atoms with Crippen LogP contribution in [0.25, 0.3) is 27.5 Å². The second kappa shape index (κ2) is 9.66. The van der Waals surface area contributed by atoms with Gasteiger partial charge in [0.1, 0.15) is 11.3 Å². The van der Waals surface area contributed by atoms with Crippen LogP contribution in [0.4, 0.5) is 0 Å². The number of methoxy groups -OCH3 is 1. The van der Waals surface area contributed by atoms with Crippen LogP contribution in [0.3, 0.4) is 0 Å². The molecule has 0 amide bonds. The number of aromatic nitrogens is 3. The van der Waals surface area contributed by atoms with Gasteiger partial charge in [0.05, 0.1) is 23.7 Å². The molecule has 1 aliphatic heterocycles. The summed E-state index contributed by atoms with van der Waals surface area (Å²) in [5, 5.41) is 1.56. The van der Waals surface area contributed by atoms with Crippen LogP contribution in [0.15, 0.2) is 58.3 Å². The highest BCUT2D eigenvalue weighted by Gasteiger charge is 2.27. The van der Waals surface area contributed by atoms with E-state index in [-0.39, 0.29) is 11.7 Å². The number of halogens is 1. The Hall–Kier alpha value is -2.85. The SMILES string of the molecule is COc1cccc2c1ncc1c(=O)n(-c3cccc(Cl)c3)c(=O)n(C3CCN(SN(C)C)CC3)c12. The first kappa shape index (κ1) is 23.9. The van der Waals surface area contributed by atoms with Crippen molar-refractivity contribution in [2.75, 3.05) is 34.3 Å². The van der Waals surface area contributed by atoms with Crippen LogP contribution in [0.2, 0.25) is 5.02 Å². The van der Waals surface area contributed by atoms with Gasteiger partial charge in [0.25, 0.3) is 5.56 Å². The third-order valence-corrected chi connectivity index (χ3v) is 7.42. The van der Waals surface area contributed by atoms with E-state index in [1.165, 1.54) is 4.57 Å². The predicted octanol–water partition coefficient (Wildman–Crippen LogP) is 4.12. The molecule has 1 aliphatic rings. The molecule has 5 rings (SSSR count). The van der Waals surface area contributed by atoms with Crippen LogP contribution >= 0.6 is 23.7 Å². The minimum Gasteiger partial charge on any atom is -0.494 e. The number of nitrogens with zero attached hydrogens (tertiary/aromatic N) is 5. The van der Waals surface area contributed by atoms with E-state index < -0.39 is 5.56 Å². The standard InChI is InChI=1S/C25H26ClN5O3S/c1-28(2)35-29-12-10-17(11-13-29)30-23-19-8-5-9-21(34-3)22(19)27-15-20(23)24(32)31(25(30)33)18-7-4-6-16(26)14-18/h4-9,14-15,17H,10-13H2,1-3H3. The number of fused-ring (bicyclic) bond motifs is 3. The van der Waals surface area contributed by atoms with Gasteiger partial charge in [-0.25, -0.2) is 18.0 Å². The summed E-state index contributed by atoms with van der Waals surface area (Å²) in [6.45, 7) is 1.65. The molecule has 182 valence electrons. The Balaban J connectivity index is 1.79. The number of rotatable bonds is 5. The first-order valence-electron chi connectivity index (χ1n) is 11.4. The molecule has 35 heavy (non-hydrogen) atoms. The summed E-state index contributed by atoms with van der Waals surface area (Å²) in [6.07, 6.45) is 3.10. The smallest absolute Gasteiger partial charge is 0.336 e. The van der Waals surface area contributed by atoms with Crippen molar-refractivity contribution in [2.45, 2.75) is 18.9 Å². The van der Waals surface area contributed by atoms with Crippen molar-refractivity contribution in [1.29, 1.82) is 0 Å². The van der Waals surface area contributed by atoms with E-state index in [9.17, 15) is 9.59 Å². The molecule has 2 aromatic heterocycles. The number of benzene rings is 2. The molecule has 0 unspecified atom stereocenters. The molecule has 0 saturated carbocycles. The number of piperidine rings is 1. The number of para-hydroxylation sites is 1. The van der Waals surface area contributed by atoms with E-state index in [1.54, 1.807) is 54.3 Å². The molecule has 0 radical (unpaired) electrons. The van der Waals surface area contributed by atoms with Gasteiger partial charge in [-0.2, -0.15) is 0 Å². The van der Waals surface area contributed by atoms with Crippen molar-refractivity contribution in [2.24, 2.45) is 0 Å². The molecule has 2 aromatic carbocycles. The number of hydrogen-bond donors (Lipinski definition) is 0. The van der Waals surface area contributed by atoms with Gasteiger partial charge in [-0.3, -0.25) is 14.3 Å². The molecule has 0 atom stereocenters. The van der Waals surface area contributed by atoms with E-state index in [4.69, 9.17) is 16.3 Å². The van der Waals surface area contributed by atoms with E-state index in [2.05, 4.69) is 13.6 Å². The highest BCUT2D eigenvalue weighted by atomic mass is 35.5. The lowest BCUT2D eigenvalue weighted by Gasteiger charge is -2.33. The Morgan fingerprint density at radius 2 is 1.83 bits per heavy atom.